The SMILES string of the molecule is CCc1cc(N)cn1CC. The van der Waals surface area contributed by atoms with Gasteiger partial charge in [-0.3, -0.25) is 0 Å². The zero-order valence-corrected chi connectivity index (χ0v) is 6.59. The van der Waals surface area contributed by atoms with E-state index in [2.05, 4.69) is 18.4 Å². The van der Waals surface area contributed by atoms with Gasteiger partial charge in [0.25, 0.3) is 0 Å². The van der Waals surface area contributed by atoms with Crippen LogP contribution in [0, 0.1) is 0 Å². The number of nitrogens with zero attached hydrogens (tertiary/aromatic N) is 1. The van der Waals surface area contributed by atoms with Crippen LogP contribution in [0.15, 0.2) is 12.3 Å². The number of anilines is 1. The minimum atomic E-state index is 0.874. The molecule has 1 heterocycles. The summed E-state index contributed by atoms with van der Waals surface area (Å²) in [5, 5.41) is 0. The smallest absolute Gasteiger partial charge is 0.0496 e. The summed E-state index contributed by atoms with van der Waals surface area (Å²) in [5.41, 5.74) is 7.80. The molecule has 56 valence electrons. The van der Waals surface area contributed by atoms with Crippen molar-refractivity contribution in [2.24, 2.45) is 0 Å². The zero-order valence-electron chi connectivity index (χ0n) is 6.59. The molecular weight excluding hydrogens is 124 g/mol. The lowest BCUT2D eigenvalue weighted by Gasteiger charge is -2.00. The summed E-state index contributed by atoms with van der Waals surface area (Å²) >= 11 is 0. The first-order chi connectivity index (χ1) is 4.77. The summed E-state index contributed by atoms with van der Waals surface area (Å²) in [5.74, 6) is 0. The Bertz CT molecular complexity index is 192. The summed E-state index contributed by atoms with van der Waals surface area (Å²) in [6.07, 6.45) is 3.05. The van der Waals surface area contributed by atoms with E-state index in [1.165, 1.54) is 5.69 Å². The molecule has 0 bridgehead atoms. The normalized spacial score (nSPS) is 10.2. The van der Waals surface area contributed by atoms with Gasteiger partial charge in [-0.15, -0.1) is 0 Å². The van der Waals surface area contributed by atoms with E-state index in [1.807, 2.05) is 12.3 Å². The average molecular weight is 138 g/mol. The van der Waals surface area contributed by atoms with Crippen LogP contribution in [0.4, 0.5) is 5.69 Å². The van der Waals surface area contributed by atoms with Crippen molar-refractivity contribution >= 4 is 5.69 Å². The Morgan fingerprint density at radius 3 is 2.60 bits per heavy atom. The van der Waals surface area contributed by atoms with Crippen LogP contribution in [-0.2, 0) is 13.0 Å². The lowest BCUT2D eigenvalue weighted by molar-refractivity contribution is 0.722. The fourth-order valence-corrected chi connectivity index (χ4v) is 1.17. The molecule has 0 atom stereocenters. The van der Waals surface area contributed by atoms with Gasteiger partial charge >= 0.3 is 0 Å². The van der Waals surface area contributed by atoms with E-state index in [9.17, 15) is 0 Å². The molecule has 2 nitrogen and oxygen atoms in total. The lowest BCUT2D eigenvalue weighted by atomic mass is 10.3. The van der Waals surface area contributed by atoms with E-state index in [0.29, 0.717) is 0 Å². The molecule has 0 aliphatic rings. The number of aryl methyl sites for hydroxylation is 2. The topological polar surface area (TPSA) is 30.9 Å². The van der Waals surface area contributed by atoms with Crippen molar-refractivity contribution in [1.82, 2.24) is 4.57 Å². The summed E-state index contributed by atoms with van der Waals surface area (Å²) in [6, 6.07) is 2.03. The fraction of sp³-hybridized carbons (Fsp3) is 0.500. The molecule has 0 unspecified atom stereocenters. The molecule has 0 aliphatic heterocycles. The first-order valence-electron chi connectivity index (χ1n) is 3.72. The zero-order chi connectivity index (χ0) is 7.56. The second kappa shape index (κ2) is 2.78. The minimum absolute atomic E-state index is 0.874. The van der Waals surface area contributed by atoms with E-state index in [1.54, 1.807) is 0 Å². The molecule has 0 aromatic carbocycles. The van der Waals surface area contributed by atoms with Crippen LogP contribution in [-0.4, -0.2) is 4.57 Å². The summed E-state index contributed by atoms with van der Waals surface area (Å²) in [7, 11) is 0. The van der Waals surface area contributed by atoms with E-state index >= 15 is 0 Å². The van der Waals surface area contributed by atoms with Gasteiger partial charge in [0.2, 0.25) is 0 Å². The van der Waals surface area contributed by atoms with Gasteiger partial charge in [0.1, 0.15) is 0 Å². The maximum Gasteiger partial charge on any atom is 0.0496 e. The quantitative estimate of drug-likeness (QED) is 0.662. The molecule has 1 aromatic heterocycles. The summed E-state index contributed by atoms with van der Waals surface area (Å²) in [4.78, 5) is 0. The second-order valence-electron chi connectivity index (χ2n) is 2.40. The van der Waals surface area contributed by atoms with Gasteiger partial charge in [-0.1, -0.05) is 6.92 Å². The highest BCUT2D eigenvalue weighted by Crippen LogP contribution is 2.10. The molecular formula is C8H14N2. The molecule has 0 radical (unpaired) electrons. The fourth-order valence-electron chi connectivity index (χ4n) is 1.17. The summed E-state index contributed by atoms with van der Waals surface area (Å²) < 4.78 is 2.18. The lowest BCUT2D eigenvalue weighted by Crippen LogP contribution is -1.96. The number of aromatic nitrogens is 1. The third-order valence-electron chi connectivity index (χ3n) is 1.71. The molecule has 0 saturated carbocycles. The van der Waals surface area contributed by atoms with Crippen molar-refractivity contribution in [2.45, 2.75) is 26.8 Å². The number of nitrogens with two attached hydrogens (primary N) is 1. The van der Waals surface area contributed by atoms with Crippen LogP contribution in [0.25, 0.3) is 0 Å². The van der Waals surface area contributed by atoms with Crippen molar-refractivity contribution in [3.63, 3.8) is 0 Å². The van der Waals surface area contributed by atoms with Crippen LogP contribution < -0.4 is 5.73 Å². The molecule has 0 fully saturated rings. The highest BCUT2D eigenvalue weighted by molar-refractivity contribution is 5.38. The molecule has 2 heteroatoms. The molecule has 10 heavy (non-hydrogen) atoms. The van der Waals surface area contributed by atoms with E-state index in [-0.39, 0.29) is 0 Å². The van der Waals surface area contributed by atoms with Gasteiger partial charge in [0.05, 0.1) is 0 Å². The highest BCUT2D eigenvalue weighted by atomic mass is 15.0. The van der Waals surface area contributed by atoms with Crippen LogP contribution >= 0.6 is 0 Å². The number of rotatable bonds is 2. The Labute approximate surface area is 61.7 Å². The Morgan fingerprint density at radius 2 is 2.20 bits per heavy atom. The molecule has 1 aromatic rings. The molecule has 0 saturated heterocycles. The number of nitrogen functional groups attached to an aromatic ring is 1. The van der Waals surface area contributed by atoms with Crippen LogP contribution in [0.3, 0.4) is 0 Å². The van der Waals surface area contributed by atoms with Crippen molar-refractivity contribution in [3.05, 3.63) is 18.0 Å². The monoisotopic (exact) mass is 138 g/mol. The van der Waals surface area contributed by atoms with Crippen molar-refractivity contribution in [3.8, 4) is 0 Å². The predicted molar refractivity (Wildman–Crippen MR) is 43.9 cm³/mol. The van der Waals surface area contributed by atoms with Gasteiger partial charge < -0.3 is 10.3 Å². The molecule has 0 aliphatic carbocycles. The van der Waals surface area contributed by atoms with Gasteiger partial charge in [0, 0.05) is 24.1 Å². The first kappa shape index (κ1) is 7.19. The first-order valence-corrected chi connectivity index (χ1v) is 3.72. The van der Waals surface area contributed by atoms with Crippen molar-refractivity contribution < 1.29 is 0 Å². The van der Waals surface area contributed by atoms with E-state index < -0.39 is 0 Å². The Morgan fingerprint density at radius 1 is 1.50 bits per heavy atom. The minimum Gasteiger partial charge on any atom is -0.397 e. The molecule has 0 amide bonds. The Balaban J connectivity index is 2.96. The van der Waals surface area contributed by atoms with Crippen molar-refractivity contribution in [2.75, 3.05) is 5.73 Å². The van der Waals surface area contributed by atoms with Gasteiger partial charge in [-0.25, -0.2) is 0 Å². The Hall–Kier alpha value is -0.920. The summed E-state index contributed by atoms with van der Waals surface area (Å²) in [6.45, 7) is 5.28. The number of hydrogen-bond donors (Lipinski definition) is 1. The van der Waals surface area contributed by atoms with E-state index in [0.717, 1.165) is 18.7 Å². The highest BCUT2D eigenvalue weighted by Gasteiger charge is 1.97. The molecule has 0 spiro atoms. The van der Waals surface area contributed by atoms with Crippen molar-refractivity contribution in [1.29, 1.82) is 0 Å². The van der Waals surface area contributed by atoms with Crippen LogP contribution in [0.5, 0.6) is 0 Å². The van der Waals surface area contributed by atoms with Crippen LogP contribution in [0.1, 0.15) is 19.5 Å². The maximum absolute atomic E-state index is 5.61. The maximum atomic E-state index is 5.61. The van der Waals surface area contributed by atoms with Gasteiger partial charge in [-0.05, 0) is 19.4 Å². The molecule has 2 N–H and O–H groups in total. The van der Waals surface area contributed by atoms with Crippen LogP contribution in [0.2, 0.25) is 0 Å². The third-order valence-corrected chi connectivity index (χ3v) is 1.71. The standard InChI is InChI=1S/C8H14N2/c1-3-8-5-7(9)6-10(8)4-2/h5-6H,3-4,9H2,1-2H3. The molecule has 1 rings (SSSR count). The second-order valence-corrected chi connectivity index (χ2v) is 2.40. The average Bonchev–Trinajstić information content (AvgIpc) is 2.30. The van der Waals surface area contributed by atoms with E-state index in [4.69, 9.17) is 5.73 Å². The largest absolute Gasteiger partial charge is 0.397 e. The van der Waals surface area contributed by atoms with Gasteiger partial charge in [-0.2, -0.15) is 0 Å². The third kappa shape index (κ3) is 1.15. The number of hydrogen-bond acceptors (Lipinski definition) is 1. The predicted octanol–water partition coefficient (Wildman–Crippen LogP) is 1.65. The van der Waals surface area contributed by atoms with Gasteiger partial charge in [0.15, 0.2) is 0 Å². The Kier molecular flexibility index (Phi) is 2.00.